The molecule has 0 saturated carbocycles. The minimum Gasteiger partial charge on any atom is -0.384 e. The maximum absolute atomic E-state index is 13.0. The molecule has 1 atom stereocenters. The number of hydrogen-bond donors (Lipinski definition) is 0. The van der Waals surface area contributed by atoms with E-state index in [4.69, 9.17) is 4.74 Å². The highest BCUT2D eigenvalue weighted by Gasteiger charge is 2.28. The van der Waals surface area contributed by atoms with Gasteiger partial charge in [-0.1, -0.05) is 12.1 Å². The van der Waals surface area contributed by atoms with Gasteiger partial charge in [-0.05, 0) is 24.6 Å². The zero-order valence-electron chi connectivity index (χ0n) is 13.1. The molecule has 5 heteroatoms. The third-order valence-electron chi connectivity index (χ3n) is 4.14. The van der Waals surface area contributed by atoms with Crippen molar-refractivity contribution in [1.82, 2.24) is 14.7 Å². The van der Waals surface area contributed by atoms with Gasteiger partial charge in [0.2, 0.25) is 0 Å². The van der Waals surface area contributed by atoms with Crippen LogP contribution < -0.4 is 0 Å². The topological polar surface area (TPSA) is 30.3 Å². The molecule has 0 unspecified atom stereocenters. The lowest BCUT2D eigenvalue weighted by atomic mass is 9.97. The first-order valence-electron chi connectivity index (χ1n) is 7.71. The molecule has 1 aromatic heterocycles. The van der Waals surface area contributed by atoms with E-state index in [-0.39, 0.29) is 5.82 Å². The van der Waals surface area contributed by atoms with Crippen molar-refractivity contribution in [3.8, 4) is 0 Å². The second-order valence-corrected chi connectivity index (χ2v) is 5.84. The summed E-state index contributed by atoms with van der Waals surface area (Å²) in [6.07, 6.45) is 2.13. The molecule has 1 aliphatic heterocycles. The third kappa shape index (κ3) is 3.20. The molecule has 0 spiro atoms. The molecule has 0 aliphatic carbocycles. The molecule has 0 N–H and O–H groups in total. The Morgan fingerprint density at radius 1 is 1.32 bits per heavy atom. The third-order valence-corrected chi connectivity index (χ3v) is 4.14. The van der Waals surface area contributed by atoms with Gasteiger partial charge in [-0.15, -0.1) is 0 Å². The Balaban J connectivity index is 1.78. The van der Waals surface area contributed by atoms with Gasteiger partial charge < -0.3 is 4.74 Å². The largest absolute Gasteiger partial charge is 0.384 e. The monoisotopic (exact) mass is 303 g/mol. The zero-order chi connectivity index (χ0) is 15.5. The Kier molecular flexibility index (Phi) is 4.55. The molecule has 4 nitrogen and oxygen atoms in total. The van der Waals surface area contributed by atoms with Crippen LogP contribution in [-0.2, 0) is 24.4 Å². The molecule has 0 bridgehead atoms. The summed E-state index contributed by atoms with van der Waals surface area (Å²) in [7, 11) is 1.73. The van der Waals surface area contributed by atoms with Crippen molar-refractivity contribution in [1.29, 1.82) is 0 Å². The highest BCUT2D eigenvalue weighted by Crippen LogP contribution is 2.28. The lowest BCUT2D eigenvalue weighted by Crippen LogP contribution is -2.34. The number of rotatable bonds is 5. The van der Waals surface area contributed by atoms with Crippen molar-refractivity contribution >= 4 is 0 Å². The van der Waals surface area contributed by atoms with E-state index in [1.807, 2.05) is 16.8 Å². The number of aryl methyl sites for hydroxylation is 1. The molecule has 1 aliphatic rings. The second kappa shape index (κ2) is 6.58. The van der Waals surface area contributed by atoms with Gasteiger partial charge in [0, 0.05) is 51.0 Å². The van der Waals surface area contributed by atoms with Crippen LogP contribution in [0.3, 0.4) is 0 Å². The quantitative estimate of drug-likeness (QED) is 0.851. The van der Waals surface area contributed by atoms with Gasteiger partial charge in [-0.2, -0.15) is 5.10 Å². The molecule has 0 fully saturated rings. The van der Waals surface area contributed by atoms with E-state index in [1.54, 1.807) is 7.11 Å². The number of fused-ring (bicyclic) bond motifs is 1. The highest BCUT2D eigenvalue weighted by molar-refractivity contribution is 5.25. The number of hydrogen-bond acceptors (Lipinski definition) is 3. The molecular formula is C17H22FN3O. The first-order chi connectivity index (χ1) is 10.7. The predicted octanol–water partition coefficient (Wildman–Crippen LogP) is 2.79. The Hall–Kier alpha value is -1.72. The van der Waals surface area contributed by atoms with E-state index in [1.165, 1.54) is 23.4 Å². The number of methoxy groups -OCH3 is 1. The first-order valence-corrected chi connectivity index (χ1v) is 7.71. The molecule has 0 amide bonds. The number of ether oxygens (including phenoxy) is 1. The SMILES string of the molecule is CCn1cc2c(n1)[C@H](COC)CN(Cc1ccc(F)cc1)C2. The van der Waals surface area contributed by atoms with Crippen LogP contribution in [0.1, 0.15) is 29.7 Å². The normalized spacial score (nSPS) is 18.4. The summed E-state index contributed by atoms with van der Waals surface area (Å²) in [5.74, 6) is 0.105. The van der Waals surface area contributed by atoms with Gasteiger partial charge in [0.25, 0.3) is 0 Å². The van der Waals surface area contributed by atoms with Gasteiger partial charge in [0.15, 0.2) is 0 Å². The fourth-order valence-electron chi connectivity index (χ4n) is 3.11. The average molecular weight is 303 g/mol. The summed E-state index contributed by atoms with van der Waals surface area (Å²) < 4.78 is 20.4. The van der Waals surface area contributed by atoms with E-state index >= 15 is 0 Å². The maximum atomic E-state index is 13.0. The van der Waals surface area contributed by atoms with E-state index in [2.05, 4.69) is 23.1 Å². The van der Waals surface area contributed by atoms with Gasteiger partial charge in [0.1, 0.15) is 5.82 Å². The van der Waals surface area contributed by atoms with Gasteiger partial charge in [-0.25, -0.2) is 4.39 Å². The Labute approximate surface area is 130 Å². The fourth-order valence-corrected chi connectivity index (χ4v) is 3.11. The van der Waals surface area contributed by atoms with Crippen LogP contribution in [0.15, 0.2) is 30.5 Å². The average Bonchev–Trinajstić information content (AvgIpc) is 2.93. The fraction of sp³-hybridized carbons (Fsp3) is 0.471. The smallest absolute Gasteiger partial charge is 0.123 e. The van der Waals surface area contributed by atoms with Crippen LogP contribution in [0.2, 0.25) is 0 Å². The molecular weight excluding hydrogens is 281 g/mol. The molecule has 3 rings (SSSR count). The van der Waals surface area contributed by atoms with Crippen molar-refractivity contribution in [3.05, 3.63) is 53.1 Å². The van der Waals surface area contributed by atoms with Gasteiger partial charge in [0.05, 0.1) is 12.3 Å². The summed E-state index contributed by atoms with van der Waals surface area (Å²) in [6, 6.07) is 6.75. The molecule has 22 heavy (non-hydrogen) atoms. The first kappa shape index (κ1) is 15.2. The number of aromatic nitrogens is 2. The van der Waals surface area contributed by atoms with Crippen molar-refractivity contribution in [3.63, 3.8) is 0 Å². The number of benzene rings is 1. The zero-order valence-corrected chi connectivity index (χ0v) is 13.1. The van der Waals surface area contributed by atoms with Crippen LogP contribution >= 0.6 is 0 Å². The van der Waals surface area contributed by atoms with E-state index in [0.717, 1.165) is 31.7 Å². The van der Waals surface area contributed by atoms with Crippen molar-refractivity contribution < 1.29 is 9.13 Å². The summed E-state index contributed by atoms with van der Waals surface area (Å²) in [5, 5.41) is 4.68. The summed E-state index contributed by atoms with van der Waals surface area (Å²) in [5.41, 5.74) is 3.57. The molecule has 2 heterocycles. The van der Waals surface area contributed by atoms with Crippen LogP contribution in [0.4, 0.5) is 4.39 Å². The second-order valence-electron chi connectivity index (χ2n) is 5.84. The Bertz CT molecular complexity index is 623. The molecule has 0 radical (unpaired) electrons. The van der Waals surface area contributed by atoms with Crippen molar-refractivity contribution in [2.24, 2.45) is 0 Å². The lowest BCUT2D eigenvalue weighted by molar-refractivity contribution is 0.134. The Morgan fingerprint density at radius 3 is 2.77 bits per heavy atom. The predicted molar refractivity (Wildman–Crippen MR) is 83.0 cm³/mol. The molecule has 1 aromatic carbocycles. The minimum atomic E-state index is -0.189. The van der Waals surface area contributed by atoms with Crippen molar-refractivity contribution in [2.45, 2.75) is 32.5 Å². The Morgan fingerprint density at radius 2 is 2.09 bits per heavy atom. The lowest BCUT2D eigenvalue weighted by Gasteiger charge is -2.31. The molecule has 2 aromatic rings. The molecule has 0 saturated heterocycles. The van der Waals surface area contributed by atoms with Gasteiger partial charge in [-0.3, -0.25) is 9.58 Å². The number of nitrogens with zero attached hydrogens (tertiary/aromatic N) is 3. The van der Waals surface area contributed by atoms with E-state index < -0.39 is 0 Å². The summed E-state index contributed by atoms with van der Waals surface area (Å²) in [6.45, 7) is 6.27. The number of halogens is 1. The van der Waals surface area contributed by atoms with Crippen LogP contribution in [0, 0.1) is 5.82 Å². The van der Waals surface area contributed by atoms with E-state index in [9.17, 15) is 4.39 Å². The summed E-state index contributed by atoms with van der Waals surface area (Å²) in [4.78, 5) is 2.38. The van der Waals surface area contributed by atoms with Crippen LogP contribution in [0.5, 0.6) is 0 Å². The van der Waals surface area contributed by atoms with Gasteiger partial charge >= 0.3 is 0 Å². The summed E-state index contributed by atoms with van der Waals surface area (Å²) >= 11 is 0. The maximum Gasteiger partial charge on any atom is 0.123 e. The standard InChI is InChI=1S/C17H22FN3O/c1-3-21-11-14-9-20(8-13-4-6-16(18)7-5-13)10-15(12-22-2)17(14)19-21/h4-7,11,15H,3,8-10,12H2,1-2H3/t15-/m0/s1. The van der Waals surface area contributed by atoms with Crippen LogP contribution in [-0.4, -0.2) is 34.9 Å². The van der Waals surface area contributed by atoms with Crippen molar-refractivity contribution in [2.75, 3.05) is 20.3 Å². The highest BCUT2D eigenvalue weighted by atomic mass is 19.1. The van der Waals surface area contributed by atoms with E-state index in [0.29, 0.717) is 12.5 Å². The molecule has 118 valence electrons. The van der Waals surface area contributed by atoms with Crippen LogP contribution in [0.25, 0.3) is 0 Å². The minimum absolute atomic E-state index is 0.189.